The summed E-state index contributed by atoms with van der Waals surface area (Å²) >= 11 is 0. The lowest BCUT2D eigenvalue weighted by atomic mass is 9.99. The van der Waals surface area contributed by atoms with Crippen molar-refractivity contribution in [1.82, 2.24) is 0 Å². The summed E-state index contributed by atoms with van der Waals surface area (Å²) in [6.07, 6.45) is 0. The molecule has 0 unspecified atom stereocenters. The van der Waals surface area contributed by atoms with Gasteiger partial charge in [-0.1, -0.05) is 29.8 Å². The summed E-state index contributed by atoms with van der Waals surface area (Å²) in [5, 5.41) is 4.76. The minimum Gasteiger partial charge on any atom is -0.493 e. The first-order valence-corrected chi connectivity index (χ1v) is 6.28. The Morgan fingerprint density at radius 2 is 1.47 bits per heavy atom. The van der Waals surface area contributed by atoms with Crippen LogP contribution < -0.4 is 9.47 Å². The smallest absolute Gasteiger partial charge is 0.168 e. The summed E-state index contributed by atoms with van der Waals surface area (Å²) in [6, 6.07) is 14.8. The highest BCUT2D eigenvalue weighted by Crippen LogP contribution is 2.38. The Balaban J connectivity index is 2.44. The molecule has 3 aromatic carbocycles. The van der Waals surface area contributed by atoms with Crippen molar-refractivity contribution in [3.05, 3.63) is 48.0 Å². The number of methoxy groups -OCH3 is 2. The van der Waals surface area contributed by atoms with Crippen molar-refractivity contribution in [2.45, 2.75) is 6.92 Å². The fraction of sp³-hybridized carbons (Fsp3) is 0.176. The van der Waals surface area contributed by atoms with Crippen LogP contribution in [0.5, 0.6) is 11.5 Å². The molecule has 2 heteroatoms. The van der Waals surface area contributed by atoms with E-state index in [1.807, 2.05) is 6.07 Å². The van der Waals surface area contributed by atoms with Gasteiger partial charge in [-0.3, -0.25) is 0 Å². The van der Waals surface area contributed by atoms with Gasteiger partial charge in [0.05, 0.1) is 14.2 Å². The van der Waals surface area contributed by atoms with Gasteiger partial charge in [-0.05, 0) is 41.3 Å². The second kappa shape index (κ2) is 4.47. The van der Waals surface area contributed by atoms with E-state index < -0.39 is 0 Å². The molecule has 0 fully saturated rings. The summed E-state index contributed by atoms with van der Waals surface area (Å²) in [7, 11) is 3.34. The lowest BCUT2D eigenvalue weighted by Gasteiger charge is -2.12. The minimum absolute atomic E-state index is 0.765. The molecular weight excluding hydrogens is 236 g/mol. The standard InChI is InChI=1S/C17H16O2/c1-11-4-6-13-12(10-11)5-7-15-14(13)8-9-16(18-2)17(15)19-3/h4-10H,1-3H3. The Hall–Kier alpha value is -2.22. The number of hydrogen-bond donors (Lipinski definition) is 0. The summed E-state index contributed by atoms with van der Waals surface area (Å²) < 4.78 is 10.8. The molecule has 0 aliphatic heterocycles. The van der Waals surface area contributed by atoms with Crippen LogP contribution in [-0.2, 0) is 0 Å². The number of benzene rings is 3. The Bertz CT molecular complexity index is 760. The fourth-order valence-electron chi connectivity index (χ4n) is 2.59. The first-order chi connectivity index (χ1) is 9.24. The van der Waals surface area contributed by atoms with Gasteiger partial charge in [0, 0.05) is 5.39 Å². The second-order valence-corrected chi connectivity index (χ2v) is 4.69. The zero-order chi connectivity index (χ0) is 13.4. The molecular formula is C17H16O2. The van der Waals surface area contributed by atoms with Gasteiger partial charge in [-0.15, -0.1) is 0 Å². The van der Waals surface area contributed by atoms with Crippen LogP contribution in [0.1, 0.15) is 5.56 Å². The van der Waals surface area contributed by atoms with Gasteiger partial charge in [0.15, 0.2) is 11.5 Å². The number of ether oxygens (including phenoxy) is 2. The van der Waals surface area contributed by atoms with E-state index in [0.717, 1.165) is 16.9 Å². The molecule has 3 rings (SSSR count). The van der Waals surface area contributed by atoms with E-state index in [9.17, 15) is 0 Å². The quantitative estimate of drug-likeness (QED) is 0.632. The predicted molar refractivity (Wildman–Crippen MR) is 79.3 cm³/mol. The molecule has 0 bridgehead atoms. The van der Waals surface area contributed by atoms with Crippen LogP contribution in [0.2, 0.25) is 0 Å². The van der Waals surface area contributed by atoms with Crippen LogP contribution in [0.4, 0.5) is 0 Å². The van der Waals surface area contributed by atoms with Crippen LogP contribution in [0.25, 0.3) is 21.5 Å². The number of aryl methyl sites for hydroxylation is 1. The molecule has 2 nitrogen and oxygen atoms in total. The molecule has 0 aromatic heterocycles. The average molecular weight is 252 g/mol. The third kappa shape index (κ3) is 1.80. The van der Waals surface area contributed by atoms with Gasteiger partial charge in [-0.25, -0.2) is 0 Å². The molecule has 0 aliphatic carbocycles. The number of rotatable bonds is 2. The van der Waals surface area contributed by atoms with Gasteiger partial charge in [-0.2, -0.15) is 0 Å². The minimum atomic E-state index is 0.765. The topological polar surface area (TPSA) is 18.5 Å². The van der Waals surface area contributed by atoms with E-state index in [4.69, 9.17) is 9.47 Å². The molecule has 0 radical (unpaired) electrons. The van der Waals surface area contributed by atoms with E-state index in [-0.39, 0.29) is 0 Å². The summed E-state index contributed by atoms with van der Waals surface area (Å²) in [4.78, 5) is 0. The zero-order valence-corrected chi connectivity index (χ0v) is 11.4. The Morgan fingerprint density at radius 1 is 0.737 bits per heavy atom. The third-order valence-corrected chi connectivity index (χ3v) is 3.51. The molecule has 0 N–H and O–H groups in total. The lowest BCUT2D eigenvalue weighted by Crippen LogP contribution is -1.91. The van der Waals surface area contributed by atoms with Gasteiger partial charge in [0.1, 0.15) is 0 Å². The van der Waals surface area contributed by atoms with Gasteiger partial charge >= 0.3 is 0 Å². The second-order valence-electron chi connectivity index (χ2n) is 4.69. The normalized spacial score (nSPS) is 10.9. The molecule has 0 heterocycles. The summed E-state index contributed by atoms with van der Waals surface area (Å²) in [5.41, 5.74) is 1.27. The highest BCUT2D eigenvalue weighted by Gasteiger charge is 2.10. The number of fused-ring (bicyclic) bond motifs is 3. The molecule has 0 spiro atoms. The van der Waals surface area contributed by atoms with Crippen LogP contribution in [0, 0.1) is 6.92 Å². The van der Waals surface area contributed by atoms with Crippen molar-refractivity contribution in [3.8, 4) is 11.5 Å². The van der Waals surface area contributed by atoms with Gasteiger partial charge < -0.3 is 9.47 Å². The van der Waals surface area contributed by atoms with E-state index >= 15 is 0 Å². The molecule has 3 aromatic rings. The maximum Gasteiger partial charge on any atom is 0.168 e. The molecule has 0 aliphatic rings. The Labute approximate surface area is 112 Å². The largest absolute Gasteiger partial charge is 0.493 e. The summed E-state index contributed by atoms with van der Waals surface area (Å²) in [6.45, 7) is 2.11. The Morgan fingerprint density at radius 3 is 2.21 bits per heavy atom. The number of hydrogen-bond acceptors (Lipinski definition) is 2. The van der Waals surface area contributed by atoms with Crippen LogP contribution in [-0.4, -0.2) is 14.2 Å². The van der Waals surface area contributed by atoms with Gasteiger partial charge in [0.2, 0.25) is 0 Å². The van der Waals surface area contributed by atoms with Crippen molar-refractivity contribution >= 4 is 21.5 Å². The van der Waals surface area contributed by atoms with E-state index in [0.29, 0.717) is 0 Å². The van der Waals surface area contributed by atoms with Crippen LogP contribution in [0.3, 0.4) is 0 Å². The van der Waals surface area contributed by atoms with E-state index in [1.165, 1.54) is 21.7 Å². The molecule has 19 heavy (non-hydrogen) atoms. The fourth-order valence-corrected chi connectivity index (χ4v) is 2.59. The first-order valence-electron chi connectivity index (χ1n) is 6.28. The average Bonchev–Trinajstić information content (AvgIpc) is 2.45. The zero-order valence-electron chi connectivity index (χ0n) is 11.4. The monoisotopic (exact) mass is 252 g/mol. The van der Waals surface area contributed by atoms with Crippen molar-refractivity contribution in [3.63, 3.8) is 0 Å². The lowest BCUT2D eigenvalue weighted by molar-refractivity contribution is 0.358. The molecule has 0 amide bonds. The van der Waals surface area contributed by atoms with Crippen molar-refractivity contribution in [2.75, 3.05) is 14.2 Å². The SMILES string of the molecule is COc1ccc2c(ccc3cc(C)ccc32)c1OC. The first kappa shape index (κ1) is 11.8. The summed E-state index contributed by atoms with van der Waals surface area (Å²) in [5.74, 6) is 1.56. The maximum absolute atomic E-state index is 5.50. The van der Waals surface area contributed by atoms with E-state index in [2.05, 4.69) is 43.3 Å². The predicted octanol–water partition coefficient (Wildman–Crippen LogP) is 4.32. The molecule has 0 saturated heterocycles. The van der Waals surface area contributed by atoms with E-state index in [1.54, 1.807) is 14.2 Å². The van der Waals surface area contributed by atoms with Crippen LogP contribution in [0.15, 0.2) is 42.5 Å². The molecule has 0 saturated carbocycles. The highest BCUT2D eigenvalue weighted by atomic mass is 16.5. The van der Waals surface area contributed by atoms with Gasteiger partial charge in [0.25, 0.3) is 0 Å². The van der Waals surface area contributed by atoms with Crippen LogP contribution >= 0.6 is 0 Å². The highest BCUT2D eigenvalue weighted by molar-refractivity contribution is 6.10. The van der Waals surface area contributed by atoms with Crippen molar-refractivity contribution in [2.24, 2.45) is 0 Å². The van der Waals surface area contributed by atoms with Crippen molar-refractivity contribution in [1.29, 1.82) is 0 Å². The molecule has 96 valence electrons. The van der Waals surface area contributed by atoms with Crippen molar-refractivity contribution < 1.29 is 9.47 Å². The Kier molecular flexibility index (Phi) is 2.79. The third-order valence-electron chi connectivity index (χ3n) is 3.51. The maximum atomic E-state index is 5.50. The molecule has 0 atom stereocenters.